The highest BCUT2D eigenvalue weighted by molar-refractivity contribution is 5.92. The van der Waals surface area contributed by atoms with Crippen LogP contribution in [0.3, 0.4) is 0 Å². The Morgan fingerprint density at radius 2 is 1.43 bits per heavy atom. The minimum Gasteiger partial charge on any atom is -0.445 e. The van der Waals surface area contributed by atoms with Crippen molar-refractivity contribution in [3.8, 4) is 0 Å². The van der Waals surface area contributed by atoms with Gasteiger partial charge in [-0.15, -0.1) is 0 Å². The van der Waals surface area contributed by atoms with E-state index >= 15 is 0 Å². The summed E-state index contributed by atoms with van der Waals surface area (Å²) in [5, 5.41) is 13.7. The normalized spacial score (nSPS) is 18.2. The van der Waals surface area contributed by atoms with Crippen LogP contribution in [0.15, 0.2) is 54.6 Å². The molecule has 0 saturated carbocycles. The first-order valence-electron chi connectivity index (χ1n) is 23.3. The average molecular weight is 907 g/mol. The quantitative estimate of drug-likeness (QED) is 0.101. The summed E-state index contributed by atoms with van der Waals surface area (Å²) in [5.41, 5.74) is 2.08. The Morgan fingerprint density at radius 3 is 1.97 bits per heavy atom. The number of carbonyl (C=O) groups is 6. The van der Waals surface area contributed by atoms with Gasteiger partial charge in [-0.25, -0.2) is 4.79 Å². The van der Waals surface area contributed by atoms with Gasteiger partial charge in [-0.3, -0.25) is 24.0 Å². The Morgan fingerprint density at radius 1 is 0.800 bits per heavy atom. The van der Waals surface area contributed by atoms with Gasteiger partial charge in [-0.2, -0.15) is 0 Å². The van der Waals surface area contributed by atoms with Crippen LogP contribution in [0.5, 0.6) is 0 Å². The minimum absolute atomic E-state index is 0.00819. The molecule has 65 heavy (non-hydrogen) atoms. The molecule has 0 aliphatic carbocycles. The first kappa shape index (κ1) is 54.7. The van der Waals surface area contributed by atoms with Crippen molar-refractivity contribution < 1.29 is 48.1 Å². The van der Waals surface area contributed by atoms with Crippen LogP contribution in [0.25, 0.3) is 0 Å². The largest absolute Gasteiger partial charge is 0.445 e. The number of methoxy groups -OCH3 is 2. The monoisotopic (exact) mass is 907 g/mol. The van der Waals surface area contributed by atoms with Gasteiger partial charge in [0.25, 0.3) is 0 Å². The second kappa shape index (κ2) is 25.9. The number of likely N-dealkylation sites (tertiary alicyclic amines) is 1. The number of ether oxygens (including phenoxy) is 3. The fourth-order valence-corrected chi connectivity index (χ4v) is 9.42. The maximum atomic E-state index is 14.6. The number of rotatable bonds is 25. The van der Waals surface area contributed by atoms with Gasteiger partial charge in [0.15, 0.2) is 5.78 Å². The Kier molecular flexibility index (Phi) is 21.8. The molecule has 1 fully saturated rings. The Bertz CT molecular complexity index is 1860. The number of likely N-dealkylation sites (N-methyl/N-ethyl adjacent to an activating group) is 2. The molecule has 14 heteroatoms. The molecular formula is C51H78N4O10. The van der Waals surface area contributed by atoms with Gasteiger partial charge in [-0.1, -0.05) is 104 Å². The van der Waals surface area contributed by atoms with Gasteiger partial charge in [0.2, 0.25) is 17.7 Å². The predicted molar refractivity (Wildman–Crippen MR) is 252 cm³/mol. The number of aliphatic hydroxyl groups is 1. The molecule has 4 amide bonds. The summed E-state index contributed by atoms with van der Waals surface area (Å²) >= 11 is 0. The van der Waals surface area contributed by atoms with Crippen molar-refractivity contribution in [1.29, 1.82) is 0 Å². The van der Waals surface area contributed by atoms with Crippen LogP contribution in [0.4, 0.5) is 10.5 Å². The van der Waals surface area contributed by atoms with E-state index in [0.29, 0.717) is 30.6 Å². The van der Waals surface area contributed by atoms with Gasteiger partial charge in [-0.05, 0) is 59.8 Å². The van der Waals surface area contributed by atoms with E-state index in [4.69, 9.17) is 14.2 Å². The highest BCUT2D eigenvalue weighted by Crippen LogP contribution is 2.33. The van der Waals surface area contributed by atoms with Crippen molar-refractivity contribution in [3.05, 3.63) is 65.7 Å². The molecule has 1 heterocycles. The van der Waals surface area contributed by atoms with E-state index in [1.807, 2.05) is 85.7 Å². The molecule has 2 aromatic carbocycles. The molecule has 1 saturated heterocycles. The summed E-state index contributed by atoms with van der Waals surface area (Å²) in [4.78, 5) is 86.3. The molecule has 1 aliphatic heterocycles. The topological polar surface area (TPSA) is 172 Å². The second-order valence-corrected chi connectivity index (χ2v) is 18.8. The number of amides is 4. The number of hydrogen-bond donors (Lipinski definition) is 2. The van der Waals surface area contributed by atoms with E-state index in [1.165, 1.54) is 18.9 Å². The first-order valence-corrected chi connectivity index (χ1v) is 23.3. The summed E-state index contributed by atoms with van der Waals surface area (Å²) in [5.74, 6) is -3.07. The highest BCUT2D eigenvalue weighted by atomic mass is 16.6. The molecular weight excluding hydrogens is 829 g/mol. The molecule has 10 atom stereocenters. The summed E-state index contributed by atoms with van der Waals surface area (Å²) in [7, 11) is 6.35. The van der Waals surface area contributed by atoms with Crippen LogP contribution in [-0.4, -0.2) is 120 Å². The fourth-order valence-electron chi connectivity index (χ4n) is 9.42. The standard InChI is InChI=1S/C51H78N4O10/c1-14-33(6)47(44(63-12)29-45(59)55-26-18-21-41(55)49(64-13)35(8)42(57)27-34(7)48(60)38-19-16-15-17-20-38)53(10)50(61)40(31(2)3)28-43(58)46(32(4)5)54(11)51(62)65-30-37-22-24-39(25-23-37)52-36(9)56/h15-17,19-20,22-25,31-35,40-41,44,46-49,60H,14,18,21,26-30H2,1-13H3,(H,52,56)/t33-,34-,35-,40-,41-,44+,46-,47-,48+,49+/m0/s1. The van der Waals surface area contributed by atoms with Crippen LogP contribution in [0.2, 0.25) is 0 Å². The lowest BCUT2D eigenvalue weighted by atomic mass is 9.83. The number of nitrogens with one attached hydrogen (secondary N) is 1. The maximum absolute atomic E-state index is 14.6. The maximum Gasteiger partial charge on any atom is 0.410 e. The van der Waals surface area contributed by atoms with Crippen LogP contribution in [0, 0.1) is 35.5 Å². The third kappa shape index (κ3) is 14.9. The number of hydrogen-bond acceptors (Lipinski definition) is 10. The van der Waals surface area contributed by atoms with Gasteiger partial charge < -0.3 is 39.3 Å². The molecule has 0 radical (unpaired) electrons. The second-order valence-electron chi connectivity index (χ2n) is 18.8. The fraction of sp³-hybridized carbons (Fsp3) is 0.647. The Hall–Kier alpha value is -4.66. The van der Waals surface area contributed by atoms with Gasteiger partial charge >= 0.3 is 6.09 Å². The lowest BCUT2D eigenvalue weighted by Crippen LogP contribution is -2.54. The number of ketones is 2. The Balaban J connectivity index is 1.74. The number of Topliss-reactive ketones (excluding diaryl/α,β-unsaturated/α-hetero) is 2. The molecule has 3 rings (SSSR count). The van der Waals surface area contributed by atoms with Crippen molar-refractivity contribution in [1.82, 2.24) is 14.7 Å². The number of aliphatic hydroxyl groups excluding tert-OH is 1. The van der Waals surface area contributed by atoms with Gasteiger partial charge in [0, 0.05) is 72.1 Å². The zero-order valence-electron chi connectivity index (χ0n) is 41.2. The molecule has 362 valence electrons. The number of benzene rings is 2. The zero-order valence-corrected chi connectivity index (χ0v) is 41.2. The van der Waals surface area contributed by atoms with Crippen LogP contribution in [-0.2, 0) is 44.8 Å². The Labute approximate surface area is 388 Å². The number of nitrogens with zero attached hydrogens (tertiary/aromatic N) is 3. The van der Waals surface area contributed by atoms with Crippen molar-refractivity contribution in [2.75, 3.05) is 40.2 Å². The van der Waals surface area contributed by atoms with Crippen molar-refractivity contribution in [3.63, 3.8) is 0 Å². The minimum atomic E-state index is -0.856. The summed E-state index contributed by atoms with van der Waals surface area (Å²) < 4.78 is 17.7. The molecule has 1 aliphatic rings. The molecule has 2 N–H and O–H groups in total. The third-order valence-electron chi connectivity index (χ3n) is 13.4. The summed E-state index contributed by atoms with van der Waals surface area (Å²) in [6.07, 6.45) is -0.560. The molecule has 2 aromatic rings. The van der Waals surface area contributed by atoms with Gasteiger partial charge in [0.1, 0.15) is 12.4 Å². The summed E-state index contributed by atoms with van der Waals surface area (Å²) in [6.45, 7) is 17.1. The van der Waals surface area contributed by atoms with E-state index in [1.54, 1.807) is 55.3 Å². The molecule has 0 unspecified atom stereocenters. The zero-order chi connectivity index (χ0) is 48.7. The molecule has 0 spiro atoms. The van der Waals surface area contributed by atoms with E-state index in [-0.39, 0.29) is 84.9 Å². The van der Waals surface area contributed by atoms with Crippen LogP contribution < -0.4 is 5.32 Å². The lowest BCUT2D eigenvalue weighted by molar-refractivity contribution is -0.149. The molecule has 0 bridgehead atoms. The molecule has 14 nitrogen and oxygen atoms in total. The smallest absolute Gasteiger partial charge is 0.410 e. The lowest BCUT2D eigenvalue weighted by Gasteiger charge is -2.41. The first-order chi connectivity index (χ1) is 30.7. The average Bonchev–Trinajstić information content (AvgIpc) is 3.76. The van der Waals surface area contributed by atoms with E-state index in [0.717, 1.165) is 12.0 Å². The van der Waals surface area contributed by atoms with Crippen molar-refractivity contribution >= 4 is 41.1 Å². The number of anilines is 1. The predicted octanol–water partition coefficient (Wildman–Crippen LogP) is 7.72. The number of carbonyl (C=O) groups excluding carboxylic acids is 6. The van der Waals surface area contributed by atoms with Crippen LogP contribution in [0.1, 0.15) is 118 Å². The highest BCUT2D eigenvalue weighted by Gasteiger charge is 2.43. The van der Waals surface area contributed by atoms with E-state index in [2.05, 4.69) is 5.32 Å². The van der Waals surface area contributed by atoms with Crippen molar-refractivity contribution in [2.24, 2.45) is 35.5 Å². The van der Waals surface area contributed by atoms with E-state index in [9.17, 15) is 33.9 Å². The van der Waals surface area contributed by atoms with Gasteiger partial charge in [0.05, 0.1) is 42.9 Å². The van der Waals surface area contributed by atoms with E-state index < -0.39 is 48.3 Å². The SMILES string of the molecule is CC[C@H](C)[C@@H]([C@@H](CC(=O)N1CCC[C@H]1[C@H](OC)[C@@H](C)C(=O)C[C@H](C)[C@@H](O)c1ccccc1)OC)N(C)C(=O)[C@@H](CC(=O)[C@H](C(C)C)N(C)C(=O)OCc1ccc(NC(C)=O)cc1)C(C)C. The van der Waals surface area contributed by atoms with Crippen LogP contribution >= 0.6 is 0 Å². The summed E-state index contributed by atoms with van der Waals surface area (Å²) in [6, 6.07) is 14.5. The molecule has 0 aromatic heterocycles. The third-order valence-corrected chi connectivity index (χ3v) is 13.4. The van der Waals surface area contributed by atoms with Crippen molar-refractivity contribution in [2.45, 2.75) is 144 Å².